The molecule has 0 radical (unpaired) electrons. The first-order valence-corrected chi connectivity index (χ1v) is 6.69. The molecule has 1 heterocycles. The third-order valence-corrected chi connectivity index (χ3v) is 3.81. The molecule has 0 aromatic carbocycles. The number of nitrogens with one attached hydrogen (secondary N) is 1. The van der Waals surface area contributed by atoms with Crippen molar-refractivity contribution in [2.75, 3.05) is 0 Å². The van der Waals surface area contributed by atoms with Gasteiger partial charge < -0.3 is 5.32 Å². The van der Waals surface area contributed by atoms with E-state index in [1.165, 1.54) is 0 Å². The van der Waals surface area contributed by atoms with Crippen LogP contribution in [0.4, 0.5) is 13.2 Å². The lowest BCUT2D eigenvalue weighted by atomic mass is 9.85. The first-order valence-electron chi connectivity index (χ1n) is 6.69. The number of hydrogen-bond acceptors (Lipinski definition) is 2. The Hall–Kier alpha value is -1.10. The van der Waals surface area contributed by atoms with Crippen LogP contribution in [0.25, 0.3) is 0 Å². The minimum atomic E-state index is -4.06. The van der Waals surface area contributed by atoms with Crippen LogP contribution < -0.4 is 5.32 Å². The summed E-state index contributed by atoms with van der Waals surface area (Å²) < 4.78 is 38.2. The predicted octanol–water partition coefficient (Wildman–Crippen LogP) is 3.85. The molecule has 1 aliphatic carbocycles. The average Bonchev–Trinajstić information content (AvgIpc) is 2.39. The number of aromatic nitrogens is 1. The lowest BCUT2D eigenvalue weighted by Gasteiger charge is -2.33. The normalized spacial score (nSPS) is 26.1. The van der Waals surface area contributed by atoms with Crippen molar-refractivity contribution in [3.05, 3.63) is 30.1 Å². The van der Waals surface area contributed by atoms with Gasteiger partial charge in [-0.2, -0.15) is 13.2 Å². The number of halogens is 3. The van der Waals surface area contributed by atoms with E-state index in [1.807, 2.05) is 19.1 Å². The zero-order chi connectivity index (χ0) is 13.9. The van der Waals surface area contributed by atoms with Crippen LogP contribution in [0.5, 0.6) is 0 Å². The molecule has 5 heteroatoms. The van der Waals surface area contributed by atoms with Crippen molar-refractivity contribution < 1.29 is 13.2 Å². The molecule has 106 valence electrons. The van der Waals surface area contributed by atoms with Gasteiger partial charge in [-0.05, 0) is 37.8 Å². The van der Waals surface area contributed by atoms with E-state index >= 15 is 0 Å². The van der Waals surface area contributed by atoms with Crippen molar-refractivity contribution in [2.24, 2.45) is 5.92 Å². The zero-order valence-electron chi connectivity index (χ0n) is 11.0. The Labute approximate surface area is 111 Å². The first kappa shape index (κ1) is 14.3. The minimum absolute atomic E-state index is 0.0330. The highest BCUT2D eigenvalue weighted by Crippen LogP contribution is 2.38. The Morgan fingerprint density at radius 3 is 2.79 bits per heavy atom. The molecule has 1 aromatic heterocycles. The Kier molecular flexibility index (Phi) is 4.45. The van der Waals surface area contributed by atoms with Gasteiger partial charge in [-0.25, -0.2) is 0 Å². The molecule has 1 saturated carbocycles. The minimum Gasteiger partial charge on any atom is -0.307 e. The molecule has 3 atom stereocenters. The number of hydrogen-bond donors (Lipinski definition) is 1. The summed E-state index contributed by atoms with van der Waals surface area (Å²) in [5, 5.41) is 3.30. The summed E-state index contributed by atoms with van der Waals surface area (Å²) in [4.78, 5) is 4.03. The highest BCUT2D eigenvalue weighted by atomic mass is 19.4. The largest absolute Gasteiger partial charge is 0.391 e. The van der Waals surface area contributed by atoms with E-state index in [4.69, 9.17) is 0 Å². The summed E-state index contributed by atoms with van der Waals surface area (Å²) in [5.41, 5.74) is 1.01. The number of pyridine rings is 1. The molecule has 0 aliphatic heterocycles. The molecule has 0 bridgehead atoms. The maximum atomic E-state index is 12.7. The SMILES string of the molecule is C[C@@H](NC1CCCC(C(F)(F)F)C1)c1cccnc1. The summed E-state index contributed by atoms with van der Waals surface area (Å²) in [6.45, 7) is 1.97. The molecule has 2 unspecified atom stereocenters. The molecular weight excluding hydrogens is 253 g/mol. The van der Waals surface area contributed by atoms with Crippen LogP contribution in [0.2, 0.25) is 0 Å². The molecule has 0 spiro atoms. The van der Waals surface area contributed by atoms with E-state index in [2.05, 4.69) is 10.3 Å². The van der Waals surface area contributed by atoms with Gasteiger partial charge in [0.25, 0.3) is 0 Å². The summed E-state index contributed by atoms with van der Waals surface area (Å²) in [6, 6.07) is 3.75. The molecule has 1 fully saturated rings. The van der Waals surface area contributed by atoms with Crippen molar-refractivity contribution in [3.8, 4) is 0 Å². The maximum Gasteiger partial charge on any atom is 0.391 e. The first-order chi connectivity index (χ1) is 8.97. The van der Waals surface area contributed by atoms with E-state index in [9.17, 15) is 13.2 Å². The van der Waals surface area contributed by atoms with Crippen LogP contribution in [0, 0.1) is 5.92 Å². The summed E-state index contributed by atoms with van der Waals surface area (Å²) in [6.07, 6.45) is 1.30. The van der Waals surface area contributed by atoms with Crippen LogP contribution >= 0.6 is 0 Å². The van der Waals surface area contributed by atoms with Crippen LogP contribution in [0.15, 0.2) is 24.5 Å². The third-order valence-electron chi connectivity index (χ3n) is 3.81. The van der Waals surface area contributed by atoms with Gasteiger partial charge in [0.2, 0.25) is 0 Å². The topological polar surface area (TPSA) is 24.9 Å². The Morgan fingerprint density at radius 2 is 2.16 bits per heavy atom. The second-order valence-electron chi connectivity index (χ2n) is 5.28. The summed E-state index contributed by atoms with van der Waals surface area (Å²) >= 11 is 0. The summed E-state index contributed by atoms with van der Waals surface area (Å²) in [5.74, 6) is -1.15. The van der Waals surface area contributed by atoms with Gasteiger partial charge in [-0.1, -0.05) is 12.5 Å². The fourth-order valence-electron chi connectivity index (χ4n) is 2.72. The van der Waals surface area contributed by atoms with E-state index < -0.39 is 12.1 Å². The average molecular weight is 272 g/mol. The van der Waals surface area contributed by atoms with Crippen LogP contribution in [0.1, 0.15) is 44.2 Å². The lowest BCUT2D eigenvalue weighted by molar-refractivity contribution is -0.183. The predicted molar refractivity (Wildman–Crippen MR) is 67.6 cm³/mol. The lowest BCUT2D eigenvalue weighted by Crippen LogP contribution is -2.39. The molecular formula is C14H19F3N2. The Bertz CT molecular complexity index is 391. The monoisotopic (exact) mass is 272 g/mol. The van der Waals surface area contributed by atoms with Gasteiger partial charge in [0.1, 0.15) is 0 Å². The number of alkyl halides is 3. The molecule has 1 aromatic rings. The van der Waals surface area contributed by atoms with Crippen molar-refractivity contribution >= 4 is 0 Å². The van der Waals surface area contributed by atoms with Crippen molar-refractivity contribution in [1.82, 2.24) is 10.3 Å². The molecule has 19 heavy (non-hydrogen) atoms. The van der Waals surface area contributed by atoms with Crippen molar-refractivity contribution in [3.63, 3.8) is 0 Å². The van der Waals surface area contributed by atoms with E-state index in [0.29, 0.717) is 6.42 Å². The fourth-order valence-corrected chi connectivity index (χ4v) is 2.72. The van der Waals surface area contributed by atoms with Gasteiger partial charge >= 0.3 is 6.18 Å². The number of nitrogens with zero attached hydrogens (tertiary/aromatic N) is 1. The molecule has 2 rings (SSSR count). The molecule has 0 amide bonds. The highest BCUT2D eigenvalue weighted by molar-refractivity contribution is 5.13. The fraction of sp³-hybridized carbons (Fsp3) is 0.643. The van der Waals surface area contributed by atoms with E-state index in [-0.39, 0.29) is 24.9 Å². The standard InChI is InChI=1S/C14H19F3N2/c1-10(11-4-3-7-18-9-11)19-13-6-2-5-12(8-13)14(15,16)17/h3-4,7,9-10,12-13,19H,2,5-6,8H2,1H3/t10-,12?,13?/m1/s1. The van der Waals surface area contributed by atoms with Crippen LogP contribution in [-0.2, 0) is 0 Å². The van der Waals surface area contributed by atoms with E-state index in [0.717, 1.165) is 12.0 Å². The van der Waals surface area contributed by atoms with Crippen molar-refractivity contribution in [1.29, 1.82) is 0 Å². The van der Waals surface area contributed by atoms with Crippen LogP contribution in [0.3, 0.4) is 0 Å². The maximum absolute atomic E-state index is 12.7. The van der Waals surface area contributed by atoms with Gasteiger partial charge in [0.05, 0.1) is 5.92 Å². The molecule has 0 saturated heterocycles. The van der Waals surface area contributed by atoms with Gasteiger partial charge in [-0.3, -0.25) is 4.98 Å². The Balaban J connectivity index is 1.92. The number of rotatable bonds is 3. The van der Waals surface area contributed by atoms with E-state index in [1.54, 1.807) is 12.4 Å². The highest BCUT2D eigenvalue weighted by Gasteiger charge is 2.42. The van der Waals surface area contributed by atoms with Gasteiger partial charge in [-0.15, -0.1) is 0 Å². The Morgan fingerprint density at radius 1 is 1.37 bits per heavy atom. The second-order valence-corrected chi connectivity index (χ2v) is 5.28. The van der Waals surface area contributed by atoms with Crippen molar-refractivity contribution in [2.45, 2.75) is 50.9 Å². The molecule has 1 N–H and O–H groups in total. The van der Waals surface area contributed by atoms with Crippen LogP contribution in [-0.4, -0.2) is 17.2 Å². The smallest absolute Gasteiger partial charge is 0.307 e. The van der Waals surface area contributed by atoms with Gasteiger partial charge in [0.15, 0.2) is 0 Å². The third kappa shape index (κ3) is 3.93. The second kappa shape index (κ2) is 5.90. The zero-order valence-corrected chi connectivity index (χ0v) is 11.0. The molecule has 1 aliphatic rings. The quantitative estimate of drug-likeness (QED) is 0.904. The summed E-state index contributed by atoms with van der Waals surface area (Å²) in [7, 11) is 0. The van der Waals surface area contributed by atoms with Gasteiger partial charge in [0, 0.05) is 24.5 Å². The molecule has 2 nitrogen and oxygen atoms in total.